The Morgan fingerprint density at radius 2 is 2.23 bits per heavy atom. The Hall–Kier alpha value is -0.940. The zero-order valence-electron chi connectivity index (χ0n) is 6.65. The van der Waals surface area contributed by atoms with Gasteiger partial charge in [0, 0.05) is 0 Å². The monoisotopic (exact) mass is 195 g/mol. The first kappa shape index (κ1) is 8.65. The normalized spacial score (nSPS) is 38.4. The molecule has 1 aliphatic carbocycles. The van der Waals surface area contributed by atoms with E-state index in [1.54, 1.807) is 0 Å². The zero-order chi connectivity index (χ0) is 9.69. The van der Waals surface area contributed by atoms with Gasteiger partial charge in [-0.1, -0.05) is 0 Å². The number of hydrogen-bond acceptors (Lipinski definition) is 2. The second-order valence-corrected chi connectivity index (χ2v) is 3.37. The third-order valence-corrected chi connectivity index (χ3v) is 2.65. The summed E-state index contributed by atoms with van der Waals surface area (Å²) >= 11 is 0. The van der Waals surface area contributed by atoms with Gasteiger partial charge in [0.05, 0.1) is 6.04 Å². The van der Waals surface area contributed by atoms with Crippen molar-refractivity contribution in [2.45, 2.75) is 37.1 Å². The van der Waals surface area contributed by atoms with E-state index in [9.17, 15) is 18.0 Å². The van der Waals surface area contributed by atoms with Crippen LogP contribution in [-0.4, -0.2) is 23.9 Å². The number of amides is 1. The highest BCUT2D eigenvalue weighted by Gasteiger charge is 2.68. The van der Waals surface area contributed by atoms with Crippen molar-refractivity contribution in [1.29, 1.82) is 0 Å². The molecule has 74 valence electrons. The van der Waals surface area contributed by atoms with E-state index in [1.165, 1.54) is 0 Å². The molecular weight excluding hydrogens is 187 g/mol. The van der Waals surface area contributed by atoms with Crippen LogP contribution in [0.2, 0.25) is 0 Å². The minimum Gasteiger partial charge on any atom is -0.431 e. The summed E-state index contributed by atoms with van der Waals surface area (Å²) in [6.07, 6.45) is -4.77. The molecule has 6 heteroatoms. The van der Waals surface area contributed by atoms with Crippen LogP contribution >= 0.6 is 0 Å². The molecule has 0 spiro atoms. The van der Waals surface area contributed by atoms with Crippen LogP contribution in [0.15, 0.2) is 0 Å². The lowest BCUT2D eigenvalue weighted by Crippen LogP contribution is -2.51. The van der Waals surface area contributed by atoms with Gasteiger partial charge in [-0.15, -0.1) is 0 Å². The Kier molecular flexibility index (Phi) is 1.53. The largest absolute Gasteiger partial charge is 0.431 e. The van der Waals surface area contributed by atoms with Crippen molar-refractivity contribution in [3.63, 3.8) is 0 Å². The second-order valence-electron chi connectivity index (χ2n) is 3.37. The fraction of sp³-hybridized carbons (Fsp3) is 0.857. The summed E-state index contributed by atoms with van der Waals surface area (Å²) in [4.78, 5) is 10.7. The maximum Gasteiger partial charge on any atom is 0.430 e. The number of hydrogen-bond donors (Lipinski definition) is 1. The standard InChI is InChI=1S/C7H8F3NO2/c8-7(9,10)6-3-1-2-4(6)11-5(12)13-6/h4H,1-3H2,(H,11,12)/t4-,6+/m1/s1. The number of fused-ring (bicyclic) bond motifs is 1. The van der Waals surface area contributed by atoms with E-state index in [0.717, 1.165) is 0 Å². The molecule has 3 nitrogen and oxygen atoms in total. The van der Waals surface area contributed by atoms with Crippen LogP contribution < -0.4 is 5.32 Å². The fourth-order valence-electron chi connectivity index (χ4n) is 2.02. The predicted molar refractivity (Wildman–Crippen MR) is 36.0 cm³/mol. The number of halogens is 3. The first-order valence-electron chi connectivity index (χ1n) is 4.02. The number of carbonyl (C=O) groups is 1. The van der Waals surface area contributed by atoms with E-state index >= 15 is 0 Å². The molecular formula is C7H8F3NO2. The molecule has 13 heavy (non-hydrogen) atoms. The topological polar surface area (TPSA) is 38.3 Å². The van der Waals surface area contributed by atoms with Crippen LogP contribution in [0.3, 0.4) is 0 Å². The predicted octanol–water partition coefficient (Wildman–Crippen LogP) is 1.58. The number of rotatable bonds is 0. The van der Waals surface area contributed by atoms with Gasteiger partial charge in [-0.3, -0.25) is 0 Å². The smallest absolute Gasteiger partial charge is 0.430 e. The van der Waals surface area contributed by atoms with Crippen molar-refractivity contribution in [3.05, 3.63) is 0 Å². The molecule has 2 fully saturated rings. The first-order chi connectivity index (χ1) is 5.96. The summed E-state index contributed by atoms with van der Waals surface area (Å²) in [6, 6.07) is -0.889. The Morgan fingerprint density at radius 1 is 1.54 bits per heavy atom. The number of carbonyl (C=O) groups excluding carboxylic acids is 1. The number of ether oxygens (including phenoxy) is 1. The van der Waals surface area contributed by atoms with Gasteiger partial charge in [-0.05, 0) is 19.3 Å². The number of nitrogens with one attached hydrogen (secondary N) is 1. The van der Waals surface area contributed by atoms with Gasteiger partial charge < -0.3 is 10.1 Å². The molecule has 0 aromatic heterocycles. The molecule has 0 unspecified atom stereocenters. The molecule has 0 aromatic rings. The van der Waals surface area contributed by atoms with Crippen LogP contribution in [0.25, 0.3) is 0 Å². The van der Waals surface area contributed by atoms with E-state index in [0.29, 0.717) is 12.8 Å². The minimum absolute atomic E-state index is 0.125. The molecule has 1 saturated carbocycles. The van der Waals surface area contributed by atoms with Crippen molar-refractivity contribution < 1.29 is 22.7 Å². The second kappa shape index (κ2) is 2.30. The van der Waals surface area contributed by atoms with Crippen LogP contribution in [0.1, 0.15) is 19.3 Å². The van der Waals surface area contributed by atoms with Crippen molar-refractivity contribution in [3.8, 4) is 0 Å². The van der Waals surface area contributed by atoms with Crippen molar-refractivity contribution in [2.75, 3.05) is 0 Å². The maximum absolute atomic E-state index is 12.6. The van der Waals surface area contributed by atoms with Crippen LogP contribution in [0.4, 0.5) is 18.0 Å². The molecule has 0 bridgehead atoms. The first-order valence-corrected chi connectivity index (χ1v) is 4.02. The third-order valence-electron chi connectivity index (χ3n) is 2.65. The molecule has 2 atom stereocenters. The van der Waals surface area contributed by atoms with Crippen molar-refractivity contribution in [1.82, 2.24) is 5.32 Å². The van der Waals surface area contributed by atoms with Crippen molar-refractivity contribution >= 4 is 6.09 Å². The Bertz CT molecular complexity index is 253. The van der Waals surface area contributed by atoms with Gasteiger partial charge in [-0.2, -0.15) is 13.2 Å². The quantitative estimate of drug-likeness (QED) is 0.637. The molecule has 1 amide bonds. The van der Waals surface area contributed by atoms with Crippen LogP contribution in [-0.2, 0) is 4.74 Å². The van der Waals surface area contributed by atoms with Gasteiger partial charge >= 0.3 is 12.3 Å². The minimum atomic E-state index is -4.46. The van der Waals surface area contributed by atoms with E-state index in [-0.39, 0.29) is 6.42 Å². The molecule has 1 N–H and O–H groups in total. The Morgan fingerprint density at radius 3 is 2.77 bits per heavy atom. The molecule has 0 radical (unpaired) electrons. The average molecular weight is 195 g/mol. The van der Waals surface area contributed by atoms with Crippen molar-refractivity contribution in [2.24, 2.45) is 0 Å². The van der Waals surface area contributed by atoms with E-state index in [2.05, 4.69) is 10.1 Å². The van der Waals surface area contributed by atoms with E-state index in [1.807, 2.05) is 0 Å². The van der Waals surface area contributed by atoms with Gasteiger partial charge in [0.25, 0.3) is 0 Å². The van der Waals surface area contributed by atoms with Gasteiger partial charge in [0.2, 0.25) is 5.60 Å². The molecule has 2 aliphatic rings. The lowest BCUT2D eigenvalue weighted by Gasteiger charge is -2.28. The van der Waals surface area contributed by atoms with Crippen LogP contribution in [0, 0.1) is 0 Å². The molecule has 2 rings (SSSR count). The Labute approximate surface area is 72.2 Å². The van der Waals surface area contributed by atoms with E-state index < -0.39 is 23.9 Å². The van der Waals surface area contributed by atoms with Gasteiger partial charge in [-0.25, -0.2) is 4.79 Å². The third kappa shape index (κ3) is 1.00. The average Bonchev–Trinajstić information content (AvgIpc) is 2.40. The molecule has 0 aromatic carbocycles. The highest BCUT2D eigenvalue weighted by atomic mass is 19.4. The Balaban J connectivity index is 2.33. The summed E-state index contributed by atoms with van der Waals surface area (Å²) in [5.74, 6) is 0. The number of alkyl halides is 3. The lowest BCUT2D eigenvalue weighted by molar-refractivity contribution is -0.249. The molecule has 1 heterocycles. The fourth-order valence-corrected chi connectivity index (χ4v) is 2.02. The summed E-state index contributed by atoms with van der Waals surface area (Å²) < 4.78 is 42.1. The molecule has 1 aliphatic heterocycles. The van der Waals surface area contributed by atoms with Gasteiger partial charge in [0.1, 0.15) is 0 Å². The SMILES string of the molecule is O=C1N[C@@H]2CCC[C@]2(C(F)(F)F)O1. The summed E-state index contributed by atoms with van der Waals surface area (Å²) in [5, 5.41) is 2.18. The lowest BCUT2D eigenvalue weighted by atomic mass is 9.98. The summed E-state index contributed by atoms with van der Waals surface area (Å²) in [5.41, 5.74) is -2.25. The summed E-state index contributed by atoms with van der Waals surface area (Å²) in [6.45, 7) is 0. The molecule has 1 saturated heterocycles. The summed E-state index contributed by atoms with van der Waals surface area (Å²) in [7, 11) is 0. The van der Waals surface area contributed by atoms with Crippen LogP contribution in [0.5, 0.6) is 0 Å². The van der Waals surface area contributed by atoms with Gasteiger partial charge in [0.15, 0.2) is 0 Å². The zero-order valence-corrected chi connectivity index (χ0v) is 6.65. The number of alkyl carbamates (subject to hydrolysis) is 1. The maximum atomic E-state index is 12.6. The highest BCUT2D eigenvalue weighted by molar-refractivity contribution is 5.71. The van der Waals surface area contributed by atoms with E-state index in [4.69, 9.17) is 0 Å². The highest BCUT2D eigenvalue weighted by Crippen LogP contribution is 2.48.